The first kappa shape index (κ1) is 13.9. The summed E-state index contributed by atoms with van der Waals surface area (Å²) < 4.78 is 19.4. The summed E-state index contributed by atoms with van der Waals surface area (Å²) in [6.45, 7) is 0.569. The lowest BCUT2D eigenvalue weighted by molar-refractivity contribution is 0.212. The molecule has 1 unspecified atom stereocenters. The van der Waals surface area contributed by atoms with Crippen molar-refractivity contribution < 1.29 is 14.2 Å². The fourth-order valence-corrected chi connectivity index (χ4v) is 3.13. The molecule has 0 saturated carbocycles. The lowest BCUT2D eigenvalue weighted by atomic mass is 9.98. The van der Waals surface area contributed by atoms with Crippen LogP contribution in [0.1, 0.15) is 22.8 Å². The summed E-state index contributed by atoms with van der Waals surface area (Å²) in [5, 5.41) is 11.1. The van der Waals surface area contributed by atoms with Crippen LogP contribution < -0.4 is 4.74 Å². The van der Waals surface area contributed by atoms with E-state index in [0.29, 0.717) is 28.5 Å². The number of aliphatic hydroxyl groups is 1. The Morgan fingerprint density at radius 3 is 2.90 bits per heavy atom. The summed E-state index contributed by atoms with van der Waals surface area (Å²) in [6.07, 6.45) is -0.231. The molecule has 0 aromatic heterocycles. The van der Waals surface area contributed by atoms with Crippen molar-refractivity contribution in [3.05, 3.63) is 62.3 Å². The Morgan fingerprint density at radius 1 is 1.30 bits per heavy atom. The minimum atomic E-state index is -0.995. The van der Waals surface area contributed by atoms with Crippen molar-refractivity contribution in [3.8, 4) is 5.75 Å². The van der Waals surface area contributed by atoms with Crippen LogP contribution in [0.3, 0.4) is 0 Å². The second-order valence-corrected chi connectivity index (χ2v) is 5.86. The number of fused-ring (bicyclic) bond motifs is 1. The van der Waals surface area contributed by atoms with Gasteiger partial charge in [0.2, 0.25) is 0 Å². The zero-order valence-electron chi connectivity index (χ0n) is 10.4. The Morgan fingerprint density at radius 2 is 2.10 bits per heavy atom. The highest BCUT2D eigenvalue weighted by atomic mass is 79.9. The summed E-state index contributed by atoms with van der Waals surface area (Å²) in [7, 11) is 0. The Hall–Kier alpha value is -1.10. The second-order valence-electron chi connectivity index (χ2n) is 4.63. The van der Waals surface area contributed by atoms with Gasteiger partial charge < -0.3 is 9.84 Å². The lowest BCUT2D eigenvalue weighted by Gasteiger charge is -2.17. The van der Waals surface area contributed by atoms with Gasteiger partial charge in [0.05, 0.1) is 11.1 Å². The number of hydrogen-bond donors (Lipinski definition) is 1. The molecular formula is C15H11BrClFO2. The zero-order chi connectivity index (χ0) is 14.3. The van der Waals surface area contributed by atoms with Crippen molar-refractivity contribution in [1.29, 1.82) is 0 Å². The van der Waals surface area contributed by atoms with Crippen molar-refractivity contribution in [1.82, 2.24) is 0 Å². The smallest absolute Gasteiger partial charge is 0.137 e. The molecule has 2 nitrogen and oxygen atoms in total. The van der Waals surface area contributed by atoms with E-state index in [0.717, 1.165) is 12.0 Å². The first-order valence-electron chi connectivity index (χ1n) is 6.15. The van der Waals surface area contributed by atoms with Gasteiger partial charge >= 0.3 is 0 Å². The van der Waals surface area contributed by atoms with Crippen molar-refractivity contribution >= 4 is 27.5 Å². The van der Waals surface area contributed by atoms with Crippen molar-refractivity contribution in [2.45, 2.75) is 12.5 Å². The number of aliphatic hydroxyl groups excluding tert-OH is 1. The largest absolute Gasteiger partial charge is 0.493 e. The number of halogens is 3. The highest BCUT2D eigenvalue weighted by Gasteiger charge is 2.25. The molecule has 1 N–H and O–H groups in total. The van der Waals surface area contributed by atoms with Gasteiger partial charge in [-0.05, 0) is 39.7 Å². The first-order chi connectivity index (χ1) is 9.58. The predicted molar refractivity (Wildman–Crippen MR) is 78.8 cm³/mol. The average Bonchev–Trinajstić information content (AvgIpc) is 2.88. The fourth-order valence-electron chi connectivity index (χ4n) is 2.40. The lowest BCUT2D eigenvalue weighted by Crippen LogP contribution is -2.04. The van der Waals surface area contributed by atoms with E-state index in [1.165, 1.54) is 6.07 Å². The SMILES string of the molecule is OC(c1cccc(F)c1Br)c1cc(Cl)cc2c1OCC2. The van der Waals surface area contributed by atoms with E-state index in [4.69, 9.17) is 16.3 Å². The number of rotatable bonds is 2. The van der Waals surface area contributed by atoms with Gasteiger partial charge in [0.25, 0.3) is 0 Å². The quantitative estimate of drug-likeness (QED) is 0.870. The van der Waals surface area contributed by atoms with E-state index in [1.807, 2.05) is 6.07 Å². The molecule has 1 atom stereocenters. The van der Waals surface area contributed by atoms with Crippen LogP contribution in [-0.4, -0.2) is 11.7 Å². The Labute approximate surface area is 129 Å². The number of hydrogen-bond acceptors (Lipinski definition) is 2. The average molecular weight is 358 g/mol. The number of ether oxygens (including phenoxy) is 1. The van der Waals surface area contributed by atoms with Gasteiger partial charge in [-0.15, -0.1) is 0 Å². The molecule has 1 aliphatic heterocycles. The predicted octanol–water partition coefficient (Wildman–Crippen LogP) is 4.26. The molecular weight excluding hydrogens is 347 g/mol. The molecule has 0 spiro atoms. The summed E-state index contributed by atoms with van der Waals surface area (Å²) in [6, 6.07) is 8.05. The maximum Gasteiger partial charge on any atom is 0.137 e. The van der Waals surface area contributed by atoms with Crippen molar-refractivity contribution in [2.24, 2.45) is 0 Å². The van der Waals surface area contributed by atoms with Crippen LogP contribution in [0.2, 0.25) is 5.02 Å². The van der Waals surface area contributed by atoms with E-state index < -0.39 is 11.9 Å². The van der Waals surface area contributed by atoms with Crippen molar-refractivity contribution in [3.63, 3.8) is 0 Å². The number of benzene rings is 2. The third kappa shape index (κ3) is 2.32. The van der Waals surface area contributed by atoms with E-state index in [9.17, 15) is 9.50 Å². The minimum Gasteiger partial charge on any atom is -0.493 e. The molecule has 104 valence electrons. The van der Waals surface area contributed by atoms with Crippen LogP contribution in [0.4, 0.5) is 4.39 Å². The molecule has 0 bridgehead atoms. The molecule has 2 aromatic rings. The fraction of sp³-hybridized carbons (Fsp3) is 0.200. The first-order valence-corrected chi connectivity index (χ1v) is 7.32. The molecule has 0 saturated heterocycles. The Kier molecular flexibility index (Phi) is 3.71. The third-order valence-electron chi connectivity index (χ3n) is 3.35. The van der Waals surface area contributed by atoms with Gasteiger partial charge in [0.15, 0.2) is 0 Å². The molecule has 0 aliphatic carbocycles. The van der Waals surface area contributed by atoms with Crippen molar-refractivity contribution in [2.75, 3.05) is 6.61 Å². The molecule has 1 aliphatic rings. The normalized spacial score (nSPS) is 14.8. The summed E-state index contributed by atoms with van der Waals surface area (Å²) in [5.41, 5.74) is 1.99. The molecule has 0 radical (unpaired) electrons. The molecule has 0 amide bonds. The topological polar surface area (TPSA) is 29.5 Å². The summed E-state index contributed by atoms with van der Waals surface area (Å²) in [5.74, 6) is 0.235. The van der Waals surface area contributed by atoms with E-state index >= 15 is 0 Å². The van der Waals surface area contributed by atoms with E-state index in [2.05, 4.69) is 15.9 Å². The van der Waals surface area contributed by atoms with Gasteiger partial charge in [-0.25, -0.2) is 4.39 Å². The maximum atomic E-state index is 13.6. The standard InChI is InChI=1S/C15H11BrClFO2/c16-13-10(2-1-3-12(13)18)14(19)11-7-9(17)6-8-4-5-20-15(8)11/h1-3,6-7,14,19H,4-5H2. The molecule has 20 heavy (non-hydrogen) atoms. The summed E-state index contributed by atoms with van der Waals surface area (Å²) in [4.78, 5) is 0. The highest BCUT2D eigenvalue weighted by Crippen LogP contribution is 2.40. The third-order valence-corrected chi connectivity index (χ3v) is 4.40. The van der Waals surface area contributed by atoms with Crippen LogP contribution in [0, 0.1) is 5.82 Å². The van der Waals surface area contributed by atoms with Crippen LogP contribution in [0.5, 0.6) is 5.75 Å². The molecule has 0 fully saturated rings. The van der Waals surface area contributed by atoms with Crippen LogP contribution in [0.15, 0.2) is 34.8 Å². The van der Waals surface area contributed by atoms with Gasteiger partial charge in [0.1, 0.15) is 17.7 Å². The van der Waals surface area contributed by atoms with Crippen LogP contribution in [0.25, 0.3) is 0 Å². The second kappa shape index (κ2) is 5.35. The van der Waals surface area contributed by atoms with Gasteiger partial charge in [0, 0.05) is 22.6 Å². The maximum absolute atomic E-state index is 13.6. The van der Waals surface area contributed by atoms with Gasteiger partial charge in [-0.1, -0.05) is 23.7 Å². The van der Waals surface area contributed by atoms with Gasteiger partial charge in [-0.3, -0.25) is 0 Å². The highest BCUT2D eigenvalue weighted by molar-refractivity contribution is 9.10. The molecule has 3 rings (SSSR count). The zero-order valence-corrected chi connectivity index (χ0v) is 12.7. The monoisotopic (exact) mass is 356 g/mol. The Balaban J connectivity index is 2.11. The van der Waals surface area contributed by atoms with Crippen LogP contribution >= 0.6 is 27.5 Å². The van der Waals surface area contributed by atoms with E-state index in [-0.39, 0.29) is 4.47 Å². The van der Waals surface area contributed by atoms with E-state index in [1.54, 1.807) is 18.2 Å². The van der Waals surface area contributed by atoms with Crippen LogP contribution in [-0.2, 0) is 6.42 Å². The summed E-state index contributed by atoms with van der Waals surface area (Å²) >= 11 is 9.25. The minimum absolute atomic E-state index is 0.249. The molecule has 5 heteroatoms. The van der Waals surface area contributed by atoms with Gasteiger partial charge in [-0.2, -0.15) is 0 Å². The molecule has 2 aromatic carbocycles. The molecule has 1 heterocycles. The Bertz CT molecular complexity index is 675.